The molecule has 0 spiro atoms. The largest absolute Gasteiger partial charge is 0.497 e. The molecular formula is C23H22N4O2S. The summed E-state index contributed by atoms with van der Waals surface area (Å²) in [7, 11) is 1.64. The number of anilines is 1. The van der Waals surface area contributed by atoms with Gasteiger partial charge in [0.05, 0.1) is 24.9 Å². The molecule has 6 nitrogen and oxygen atoms in total. The fourth-order valence-corrected chi connectivity index (χ4v) is 3.98. The minimum atomic E-state index is -0.0892. The van der Waals surface area contributed by atoms with Crippen LogP contribution < -0.4 is 10.1 Å². The van der Waals surface area contributed by atoms with Crippen LogP contribution in [0.4, 0.5) is 5.82 Å². The zero-order chi connectivity index (χ0) is 21.1. The Bertz CT molecular complexity index is 1180. The normalized spacial score (nSPS) is 10.8. The first-order valence-electron chi connectivity index (χ1n) is 9.54. The average molecular weight is 419 g/mol. The number of amides is 1. The summed E-state index contributed by atoms with van der Waals surface area (Å²) in [4.78, 5) is 17.3. The topological polar surface area (TPSA) is 69.0 Å². The molecule has 4 aromatic rings. The van der Waals surface area contributed by atoms with Crippen LogP contribution in [0.3, 0.4) is 0 Å². The Balaban J connectivity index is 1.54. The summed E-state index contributed by atoms with van der Waals surface area (Å²) in [5, 5.41) is 10.2. The van der Waals surface area contributed by atoms with Crippen LogP contribution in [0, 0.1) is 13.8 Å². The number of nitrogens with one attached hydrogen (secondary N) is 1. The molecule has 0 saturated heterocycles. The summed E-state index contributed by atoms with van der Waals surface area (Å²) in [5.74, 6) is 1.32. The minimum Gasteiger partial charge on any atom is -0.497 e. The third kappa shape index (κ3) is 4.41. The number of aromatic nitrogens is 3. The highest BCUT2D eigenvalue weighted by atomic mass is 32.1. The zero-order valence-corrected chi connectivity index (χ0v) is 17.9. The molecule has 152 valence electrons. The Kier molecular flexibility index (Phi) is 5.63. The van der Waals surface area contributed by atoms with Crippen molar-refractivity contribution in [2.45, 2.75) is 20.3 Å². The van der Waals surface area contributed by atoms with Crippen LogP contribution in [0.15, 0.2) is 60.0 Å². The van der Waals surface area contributed by atoms with Gasteiger partial charge in [0.25, 0.3) is 0 Å². The van der Waals surface area contributed by atoms with E-state index in [9.17, 15) is 4.79 Å². The second kappa shape index (κ2) is 8.51. The molecule has 1 amide bonds. The predicted octanol–water partition coefficient (Wildman–Crippen LogP) is 4.80. The van der Waals surface area contributed by atoms with Gasteiger partial charge < -0.3 is 10.1 Å². The third-order valence-electron chi connectivity index (χ3n) is 4.61. The monoisotopic (exact) mass is 418 g/mol. The molecule has 2 aromatic heterocycles. The maximum atomic E-state index is 12.6. The smallest absolute Gasteiger partial charge is 0.229 e. The maximum absolute atomic E-state index is 12.6. The van der Waals surface area contributed by atoms with Crippen LogP contribution in [-0.4, -0.2) is 27.8 Å². The quantitative estimate of drug-likeness (QED) is 0.488. The van der Waals surface area contributed by atoms with Crippen molar-refractivity contribution in [1.82, 2.24) is 14.8 Å². The first-order chi connectivity index (χ1) is 14.5. The molecule has 0 unspecified atom stereocenters. The van der Waals surface area contributed by atoms with Gasteiger partial charge in [-0.25, -0.2) is 4.98 Å². The van der Waals surface area contributed by atoms with Crippen LogP contribution in [0.2, 0.25) is 0 Å². The molecule has 2 heterocycles. The number of aryl methyl sites for hydroxylation is 2. The van der Waals surface area contributed by atoms with Gasteiger partial charge in [-0.1, -0.05) is 29.8 Å². The van der Waals surface area contributed by atoms with E-state index in [-0.39, 0.29) is 5.91 Å². The predicted molar refractivity (Wildman–Crippen MR) is 119 cm³/mol. The number of rotatable bonds is 6. The molecule has 0 aliphatic rings. The maximum Gasteiger partial charge on any atom is 0.229 e. The highest BCUT2D eigenvalue weighted by Gasteiger charge is 2.15. The van der Waals surface area contributed by atoms with E-state index < -0.39 is 0 Å². The first-order valence-corrected chi connectivity index (χ1v) is 10.4. The van der Waals surface area contributed by atoms with Gasteiger partial charge in [-0.15, -0.1) is 11.3 Å². The fraction of sp³-hybridized carbons (Fsp3) is 0.174. The van der Waals surface area contributed by atoms with E-state index in [1.165, 1.54) is 11.3 Å². The van der Waals surface area contributed by atoms with E-state index in [4.69, 9.17) is 9.72 Å². The van der Waals surface area contributed by atoms with Gasteiger partial charge in [0.2, 0.25) is 11.0 Å². The van der Waals surface area contributed by atoms with Gasteiger partial charge in [0.15, 0.2) is 0 Å². The summed E-state index contributed by atoms with van der Waals surface area (Å²) in [6.45, 7) is 3.91. The van der Waals surface area contributed by atoms with E-state index in [0.717, 1.165) is 33.8 Å². The Labute approximate surface area is 179 Å². The molecule has 0 atom stereocenters. The number of carbonyl (C=O) groups excluding carboxylic acids is 1. The van der Waals surface area contributed by atoms with Crippen molar-refractivity contribution in [3.05, 3.63) is 76.8 Å². The number of carbonyl (C=O) groups is 1. The van der Waals surface area contributed by atoms with E-state index in [0.29, 0.717) is 17.4 Å². The van der Waals surface area contributed by atoms with E-state index >= 15 is 0 Å². The summed E-state index contributed by atoms with van der Waals surface area (Å²) < 4.78 is 6.89. The third-order valence-corrected chi connectivity index (χ3v) is 5.42. The molecule has 0 radical (unpaired) electrons. The average Bonchev–Trinajstić information content (AvgIpc) is 3.34. The second-order valence-corrected chi connectivity index (χ2v) is 7.88. The van der Waals surface area contributed by atoms with Gasteiger partial charge in [-0.2, -0.15) is 9.78 Å². The standard InChI is InChI=1S/C23H22N4O2S/c1-15-5-4-6-17(11-15)13-22(28)25-21-12-16(2)26-27(21)23-24-20(14-30-23)18-7-9-19(29-3)10-8-18/h4-12,14H,13H2,1-3H3,(H,25,28). The van der Waals surface area contributed by atoms with E-state index in [1.807, 2.05) is 73.8 Å². The molecule has 30 heavy (non-hydrogen) atoms. The fourth-order valence-electron chi connectivity index (χ4n) is 3.18. The summed E-state index contributed by atoms with van der Waals surface area (Å²) >= 11 is 1.47. The van der Waals surface area contributed by atoms with E-state index in [1.54, 1.807) is 11.8 Å². The van der Waals surface area contributed by atoms with Crippen LogP contribution in [0.5, 0.6) is 5.75 Å². The number of hydrogen-bond donors (Lipinski definition) is 1. The number of thiazole rings is 1. The minimum absolute atomic E-state index is 0.0892. The van der Waals surface area contributed by atoms with Gasteiger partial charge in [0.1, 0.15) is 11.6 Å². The lowest BCUT2D eigenvalue weighted by Gasteiger charge is -2.07. The van der Waals surface area contributed by atoms with Gasteiger partial charge >= 0.3 is 0 Å². The molecule has 0 saturated carbocycles. The number of nitrogens with zero attached hydrogens (tertiary/aromatic N) is 3. The SMILES string of the molecule is COc1ccc(-c2csc(-n3nc(C)cc3NC(=O)Cc3cccc(C)c3)n2)cc1. The van der Waals surface area contributed by atoms with Crippen molar-refractivity contribution in [1.29, 1.82) is 0 Å². The van der Waals surface area contributed by atoms with Crippen LogP contribution in [0.1, 0.15) is 16.8 Å². The number of methoxy groups -OCH3 is 1. The molecule has 7 heteroatoms. The lowest BCUT2D eigenvalue weighted by molar-refractivity contribution is -0.115. The van der Waals surface area contributed by atoms with Gasteiger partial charge in [-0.3, -0.25) is 4.79 Å². The second-order valence-electron chi connectivity index (χ2n) is 7.04. The highest BCUT2D eigenvalue weighted by Crippen LogP contribution is 2.27. The molecule has 2 aromatic carbocycles. The lowest BCUT2D eigenvalue weighted by Crippen LogP contribution is -2.17. The van der Waals surface area contributed by atoms with Crippen LogP contribution in [-0.2, 0) is 11.2 Å². The lowest BCUT2D eigenvalue weighted by atomic mass is 10.1. The van der Waals surface area contributed by atoms with Crippen molar-refractivity contribution >= 4 is 23.1 Å². The van der Waals surface area contributed by atoms with Crippen molar-refractivity contribution in [3.8, 4) is 22.1 Å². The first kappa shape index (κ1) is 19.8. The summed E-state index contributed by atoms with van der Waals surface area (Å²) in [6.07, 6.45) is 0.306. The molecule has 0 aliphatic heterocycles. The molecule has 0 fully saturated rings. The summed E-state index contributed by atoms with van der Waals surface area (Å²) in [6, 6.07) is 17.6. The van der Waals surface area contributed by atoms with Gasteiger partial charge in [0, 0.05) is 17.0 Å². The van der Waals surface area contributed by atoms with Crippen LogP contribution >= 0.6 is 11.3 Å². The zero-order valence-electron chi connectivity index (χ0n) is 17.0. The van der Waals surface area contributed by atoms with Crippen LogP contribution in [0.25, 0.3) is 16.4 Å². The van der Waals surface area contributed by atoms with Crippen molar-refractivity contribution in [2.75, 3.05) is 12.4 Å². The molecular weight excluding hydrogens is 396 g/mol. The number of hydrogen-bond acceptors (Lipinski definition) is 5. The Hall–Kier alpha value is -3.45. The van der Waals surface area contributed by atoms with Gasteiger partial charge in [-0.05, 0) is 43.7 Å². The Morgan fingerprint density at radius 1 is 1.13 bits per heavy atom. The highest BCUT2D eigenvalue weighted by molar-refractivity contribution is 7.12. The molecule has 4 rings (SSSR count). The Morgan fingerprint density at radius 3 is 2.67 bits per heavy atom. The number of ether oxygens (including phenoxy) is 1. The Morgan fingerprint density at radius 2 is 1.93 bits per heavy atom. The molecule has 0 bridgehead atoms. The molecule has 1 N–H and O–H groups in total. The van der Waals surface area contributed by atoms with Crippen molar-refractivity contribution in [2.24, 2.45) is 0 Å². The number of benzene rings is 2. The van der Waals surface area contributed by atoms with E-state index in [2.05, 4.69) is 10.4 Å². The molecule has 0 aliphatic carbocycles. The van der Waals surface area contributed by atoms with Crippen molar-refractivity contribution in [3.63, 3.8) is 0 Å². The summed E-state index contributed by atoms with van der Waals surface area (Å²) in [5.41, 5.74) is 4.76. The van der Waals surface area contributed by atoms with Crippen molar-refractivity contribution < 1.29 is 9.53 Å².